The van der Waals surface area contributed by atoms with Crippen molar-refractivity contribution < 1.29 is 0 Å². The van der Waals surface area contributed by atoms with Gasteiger partial charge in [-0.1, -0.05) is 0 Å². The van der Waals surface area contributed by atoms with Crippen LogP contribution in [0.25, 0.3) is 0 Å². The fourth-order valence-corrected chi connectivity index (χ4v) is 0.255. The highest BCUT2D eigenvalue weighted by Gasteiger charge is 1.90. The van der Waals surface area contributed by atoms with E-state index in [1.807, 2.05) is 6.54 Å². The Labute approximate surface area is 30.7 Å². The molecule has 0 aliphatic carbocycles. The van der Waals surface area contributed by atoms with Crippen molar-refractivity contribution in [2.24, 2.45) is 0 Å². The highest BCUT2D eigenvalue weighted by molar-refractivity contribution is 4.63. The maximum atomic E-state index is 2.81. The summed E-state index contributed by atoms with van der Waals surface area (Å²) >= 11 is 0. The van der Waals surface area contributed by atoms with E-state index in [1.54, 1.807) is 0 Å². The van der Waals surface area contributed by atoms with E-state index in [2.05, 4.69) is 16.4 Å². The number of rotatable bonds is 0. The molecule has 0 spiro atoms. The summed E-state index contributed by atoms with van der Waals surface area (Å²) in [5.41, 5.74) is 8.21. The molecule has 3 N–H and O–H groups in total. The number of hydrogen-bond acceptors (Lipinski definition) is 3. The van der Waals surface area contributed by atoms with Crippen molar-refractivity contribution >= 4 is 0 Å². The second-order valence-electron chi connectivity index (χ2n) is 0.854. The van der Waals surface area contributed by atoms with Crippen LogP contribution in [0.15, 0.2) is 0 Å². The zero-order valence-electron chi connectivity index (χ0n) is 2.78. The lowest BCUT2D eigenvalue weighted by atomic mass is 10.7. The van der Waals surface area contributed by atoms with E-state index in [0.29, 0.717) is 0 Å². The van der Waals surface area contributed by atoms with Gasteiger partial charge in [-0.2, -0.15) is 5.53 Å². The Hall–Kier alpha value is -0.120. The minimum absolute atomic E-state index is 0.903. The predicted octanol–water partition coefficient (Wildman–Crippen LogP) is -1.24. The maximum Gasteiger partial charge on any atom is 0.0545 e. The molecule has 3 heteroatoms. The molecule has 1 heterocycles. The summed E-state index contributed by atoms with van der Waals surface area (Å²) in [6.07, 6.45) is 0. The second-order valence-corrected chi connectivity index (χ2v) is 0.854. The van der Waals surface area contributed by atoms with Crippen molar-refractivity contribution in [3.8, 4) is 0 Å². The molecule has 0 amide bonds. The van der Waals surface area contributed by atoms with Gasteiger partial charge in [0, 0.05) is 6.54 Å². The minimum Gasteiger partial charge on any atom is -0.243 e. The summed E-state index contributed by atoms with van der Waals surface area (Å²) in [7, 11) is 0. The molecule has 3 nitrogen and oxygen atoms in total. The van der Waals surface area contributed by atoms with Crippen LogP contribution in [0.3, 0.4) is 0 Å². The first-order chi connectivity index (χ1) is 2.50. The zero-order chi connectivity index (χ0) is 3.54. The van der Waals surface area contributed by atoms with Crippen LogP contribution >= 0.6 is 0 Å². The second kappa shape index (κ2) is 1.35. The Kier molecular flexibility index (Phi) is 0.834. The summed E-state index contributed by atoms with van der Waals surface area (Å²) < 4.78 is 0. The SMILES string of the molecule is [CH]1CNNN1. The normalized spacial score (nSPS) is 24.0. The van der Waals surface area contributed by atoms with Crippen LogP contribution in [0.2, 0.25) is 0 Å². The van der Waals surface area contributed by atoms with Gasteiger partial charge in [-0.15, -0.1) is 0 Å². The first-order valence-electron chi connectivity index (χ1n) is 1.55. The summed E-state index contributed by atoms with van der Waals surface area (Å²) in [5.74, 6) is 0. The van der Waals surface area contributed by atoms with Gasteiger partial charge in [-0.05, 0) is 0 Å². The lowest BCUT2D eigenvalue weighted by Gasteiger charge is -1.82. The first kappa shape index (κ1) is 3.08. The van der Waals surface area contributed by atoms with Gasteiger partial charge < -0.3 is 0 Å². The van der Waals surface area contributed by atoms with E-state index in [4.69, 9.17) is 0 Å². The van der Waals surface area contributed by atoms with Gasteiger partial charge in [0.15, 0.2) is 0 Å². The van der Waals surface area contributed by atoms with Crippen LogP contribution in [0.4, 0.5) is 0 Å². The standard InChI is InChI=1S/C2H6N3/c1-2-4-5-3-1/h1,3-5H,2H2. The molecule has 0 aromatic heterocycles. The Morgan fingerprint density at radius 3 is 2.80 bits per heavy atom. The average molecular weight is 72.1 g/mol. The summed E-state index contributed by atoms with van der Waals surface area (Å²) in [5, 5.41) is 0. The molecule has 1 aliphatic heterocycles. The van der Waals surface area contributed by atoms with Crippen LogP contribution < -0.4 is 16.4 Å². The average Bonchev–Trinajstić information content (AvgIpc) is 1.76. The fourth-order valence-electron chi connectivity index (χ4n) is 0.255. The summed E-state index contributed by atoms with van der Waals surface area (Å²) in [6, 6.07) is 0. The zero-order valence-corrected chi connectivity index (χ0v) is 2.78. The van der Waals surface area contributed by atoms with Crippen molar-refractivity contribution in [3.63, 3.8) is 0 Å². The highest BCUT2D eigenvalue weighted by atomic mass is 15.6. The maximum absolute atomic E-state index is 2.81. The van der Waals surface area contributed by atoms with E-state index < -0.39 is 0 Å². The van der Waals surface area contributed by atoms with Crippen LogP contribution in [0.1, 0.15) is 0 Å². The fraction of sp³-hybridized carbons (Fsp3) is 0.500. The number of hydrazine groups is 2. The highest BCUT2D eigenvalue weighted by Crippen LogP contribution is 1.63. The van der Waals surface area contributed by atoms with Gasteiger partial charge in [0.05, 0.1) is 6.54 Å². The van der Waals surface area contributed by atoms with Gasteiger partial charge in [-0.3, -0.25) is 0 Å². The van der Waals surface area contributed by atoms with Crippen LogP contribution in [0.5, 0.6) is 0 Å². The van der Waals surface area contributed by atoms with Crippen LogP contribution in [-0.4, -0.2) is 6.54 Å². The third-order valence-electron chi connectivity index (χ3n) is 0.467. The molecule has 1 radical (unpaired) electrons. The molecule has 0 aromatic carbocycles. The van der Waals surface area contributed by atoms with Gasteiger partial charge in [-0.25, -0.2) is 10.9 Å². The topological polar surface area (TPSA) is 36.1 Å². The molecular weight excluding hydrogens is 66.0 g/mol. The lowest BCUT2D eigenvalue weighted by molar-refractivity contribution is 0.601. The Morgan fingerprint density at radius 1 is 1.60 bits per heavy atom. The van der Waals surface area contributed by atoms with Crippen molar-refractivity contribution in [3.05, 3.63) is 6.54 Å². The summed E-state index contributed by atoms with van der Waals surface area (Å²) in [6.45, 7) is 2.79. The molecule has 1 fully saturated rings. The first-order valence-corrected chi connectivity index (χ1v) is 1.55. The molecule has 0 saturated carbocycles. The molecule has 1 aliphatic rings. The third kappa shape index (κ3) is 0.576. The van der Waals surface area contributed by atoms with E-state index in [0.717, 1.165) is 6.54 Å². The van der Waals surface area contributed by atoms with E-state index in [9.17, 15) is 0 Å². The molecule has 1 rings (SSSR count). The quantitative estimate of drug-likeness (QED) is 0.335. The molecule has 29 valence electrons. The monoisotopic (exact) mass is 72.1 g/mol. The predicted molar refractivity (Wildman–Crippen MR) is 18.6 cm³/mol. The van der Waals surface area contributed by atoms with Gasteiger partial charge in [0.1, 0.15) is 0 Å². The lowest BCUT2D eigenvalue weighted by Crippen LogP contribution is -2.29. The van der Waals surface area contributed by atoms with Gasteiger partial charge in [0.2, 0.25) is 0 Å². The molecule has 0 unspecified atom stereocenters. The number of nitrogens with one attached hydrogen (secondary N) is 3. The van der Waals surface area contributed by atoms with Crippen molar-refractivity contribution in [2.45, 2.75) is 0 Å². The van der Waals surface area contributed by atoms with E-state index >= 15 is 0 Å². The van der Waals surface area contributed by atoms with Crippen molar-refractivity contribution in [1.29, 1.82) is 0 Å². The van der Waals surface area contributed by atoms with Gasteiger partial charge in [0.25, 0.3) is 0 Å². The van der Waals surface area contributed by atoms with E-state index in [1.165, 1.54) is 0 Å². The Morgan fingerprint density at radius 2 is 2.60 bits per heavy atom. The molecule has 0 aromatic rings. The Balaban J connectivity index is 2.08. The molecular formula is C2H6N3. The smallest absolute Gasteiger partial charge is 0.0545 e. The molecule has 1 saturated heterocycles. The molecule has 5 heavy (non-hydrogen) atoms. The third-order valence-corrected chi connectivity index (χ3v) is 0.467. The molecule has 0 atom stereocenters. The van der Waals surface area contributed by atoms with Crippen molar-refractivity contribution in [2.75, 3.05) is 6.54 Å². The Bertz CT molecular complexity index is 16.5. The molecule has 0 bridgehead atoms. The minimum atomic E-state index is 0.903. The van der Waals surface area contributed by atoms with Crippen molar-refractivity contribution in [1.82, 2.24) is 16.4 Å². The van der Waals surface area contributed by atoms with E-state index in [-0.39, 0.29) is 0 Å². The van der Waals surface area contributed by atoms with Crippen LogP contribution in [0, 0.1) is 6.54 Å². The number of hydrogen-bond donors (Lipinski definition) is 3. The van der Waals surface area contributed by atoms with Gasteiger partial charge >= 0.3 is 0 Å². The van der Waals surface area contributed by atoms with Crippen LogP contribution in [-0.2, 0) is 0 Å². The summed E-state index contributed by atoms with van der Waals surface area (Å²) in [4.78, 5) is 0. The largest absolute Gasteiger partial charge is 0.243 e.